The van der Waals surface area contributed by atoms with Gasteiger partial charge in [0.2, 0.25) is 5.91 Å². The van der Waals surface area contributed by atoms with Crippen molar-refractivity contribution < 1.29 is 4.79 Å². The zero-order chi connectivity index (χ0) is 21.1. The van der Waals surface area contributed by atoms with Crippen LogP contribution in [0, 0.1) is 18.6 Å². The third kappa shape index (κ3) is 4.72. The van der Waals surface area contributed by atoms with Crippen LogP contribution in [-0.4, -0.2) is 20.7 Å². The quantitative estimate of drug-likeness (QED) is 0.348. The molecular weight excluding hydrogens is 432 g/mol. The van der Waals surface area contributed by atoms with Crippen molar-refractivity contribution in [2.75, 3.05) is 5.32 Å². The summed E-state index contributed by atoms with van der Waals surface area (Å²) in [7, 11) is 0. The number of H-pyrrole nitrogens is 1. The lowest BCUT2D eigenvalue weighted by molar-refractivity contribution is -0.116. The number of carbonyl (C=O) groups is 1. The number of rotatable bonds is 6. The van der Waals surface area contributed by atoms with Gasteiger partial charge in [0.25, 0.3) is 0 Å². The Labute approximate surface area is 188 Å². The summed E-state index contributed by atoms with van der Waals surface area (Å²) in [5.74, 6) is 0.519. The van der Waals surface area contributed by atoms with Crippen LogP contribution < -0.4 is 5.32 Å². The van der Waals surface area contributed by atoms with Crippen LogP contribution >= 0.6 is 35.3 Å². The van der Waals surface area contributed by atoms with Gasteiger partial charge in [-0.05, 0) is 79.0 Å². The average molecular weight is 453 g/mol. The third-order valence-corrected chi connectivity index (χ3v) is 6.86. The van der Waals surface area contributed by atoms with E-state index >= 15 is 0 Å². The lowest BCUT2D eigenvalue weighted by atomic mass is 10.2. The summed E-state index contributed by atoms with van der Waals surface area (Å²) in [6.45, 7) is 4.31. The fourth-order valence-corrected chi connectivity index (χ4v) is 4.87. The maximum absolute atomic E-state index is 12.6. The number of aromatic amines is 1. The Morgan fingerprint density at radius 1 is 1.20 bits per heavy atom. The lowest BCUT2D eigenvalue weighted by Gasteiger charge is -2.09. The van der Waals surface area contributed by atoms with Gasteiger partial charge in [0.05, 0.1) is 4.88 Å². The fourth-order valence-electron chi connectivity index (χ4n) is 2.95. The van der Waals surface area contributed by atoms with Crippen molar-refractivity contribution in [3.8, 4) is 10.7 Å². The number of hydrogen-bond acceptors (Lipinski definition) is 5. The van der Waals surface area contributed by atoms with Gasteiger partial charge in [-0.1, -0.05) is 30.0 Å². The van der Waals surface area contributed by atoms with Crippen LogP contribution in [0.25, 0.3) is 10.7 Å². The Balaban J connectivity index is 1.43. The monoisotopic (exact) mass is 452 g/mol. The highest BCUT2D eigenvalue weighted by Crippen LogP contribution is 2.31. The van der Waals surface area contributed by atoms with Crippen molar-refractivity contribution in [2.24, 2.45) is 0 Å². The molecule has 0 atom stereocenters. The van der Waals surface area contributed by atoms with Gasteiger partial charge in [0.1, 0.15) is 6.54 Å². The molecule has 0 bridgehead atoms. The molecule has 152 valence electrons. The number of aryl methyl sites for hydroxylation is 2. The van der Waals surface area contributed by atoms with Crippen molar-refractivity contribution in [2.45, 2.75) is 30.2 Å². The molecule has 4 aromatic rings. The van der Waals surface area contributed by atoms with Crippen molar-refractivity contribution in [3.63, 3.8) is 0 Å². The molecule has 2 heterocycles. The predicted molar refractivity (Wildman–Crippen MR) is 126 cm³/mol. The van der Waals surface area contributed by atoms with Crippen LogP contribution in [-0.2, 0) is 11.3 Å². The minimum atomic E-state index is -0.153. The van der Waals surface area contributed by atoms with Crippen molar-refractivity contribution in [3.05, 3.63) is 75.9 Å². The molecule has 0 aliphatic carbocycles. The van der Waals surface area contributed by atoms with Crippen molar-refractivity contribution >= 4 is 46.9 Å². The molecule has 0 saturated heterocycles. The molecule has 0 saturated carbocycles. The molecule has 4 rings (SSSR count). The van der Waals surface area contributed by atoms with E-state index in [4.69, 9.17) is 12.2 Å². The maximum atomic E-state index is 12.6. The highest BCUT2D eigenvalue weighted by molar-refractivity contribution is 7.99. The third-order valence-electron chi connectivity index (χ3n) is 4.51. The average Bonchev–Trinajstić information content (AvgIpc) is 3.37. The number of thiophene rings is 1. The molecule has 2 aromatic carbocycles. The molecule has 1 amide bonds. The van der Waals surface area contributed by atoms with Crippen LogP contribution in [0.4, 0.5) is 5.69 Å². The van der Waals surface area contributed by atoms with Gasteiger partial charge in [-0.2, -0.15) is 5.10 Å². The van der Waals surface area contributed by atoms with Gasteiger partial charge in [0, 0.05) is 15.5 Å². The first-order valence-electron chi connectivity index (χ1n) is 9.34. The Bertz CT molecular complexity index is 1220. The lowest BCUT2D eigenvalue weighted by Crippen LogP contribution is -2.19. The van der Waals surface area contributed by atoms with E-state index in [0.717, 1.165) is 15.5 Å². The summed E-state index contributed by atoms with van der Waals surface area (Å²) in [6.07, 6.45) is 0. The van der Waals surface area contributed by atoms with Gasteiger partial charge in [0.15, 0.2) is 10.6 Å². The van der Waals surface area contributed by atoms with E-state index in [9.17, 15) is 4.79 Å². The molecule has 2 N–H and O–H groups in total. The Hall–Kier alpha value is -2.68. The predicted octanol–water partition coefficient (Wildman–Crippen LogP) is 6.08. The number of carbonyl (C=O) groups excluding carboxylic acids is 1. The summed E-state index contributed by atoms with van der Waals surface area (Å²) in [5, 5.41) is 11.9. The zero-order valence-electron chi connectivity index (χ0n) is 16.5. The van der Waals surface area contributed by atoms with E-state index in [-0.39, 0.29) is 12.5 Å². The van der Waals surface area contributed by atoms with E-state index in [1.165, 1.54) is 16.0 Å². The molecule has 0 aliphatic heterocycles. The largest absolute Gasteiger partial charge is 0.325 e. The number of amides is 1. The number of nitrogens with one attached hydrogen (secondary N) is 2. The summed E-state index contributed by atoms with van der Waals surface area (Å²) < 4.78 is 2.13. The van der Waals surface area contributed by atoms with Crippen LogP contribution in [0.3, 0.4) is 0 Å². The fraction of sp³-hybridized carbons (Fsp3) is 0.136. The number of aromatic nitrogens is 3. The second kappa shape index (κ2) is 8.99. The summed E-state index contributed by atoms with van der Waals surface area (Å²) in [5.41, 5.74) is 3.24. The summed E-state index contributed by atoms with van der Waals surface area (Å²) >= 11 is 8.57. The van der Waals surface area contributed by atoms with E-state index in [0.29, 0.717) is 10.6 Å². The van der Waals surface area contributed by atoms with E-state index in [1.54, 1.807) is 27.7 Å². The summed E-state index contributed by atoms with van der Waals surface area (Å²) in [6, 6.07) is 18.2. The van der Waals surface area contributed by atoms with Crippen molar-refractivity contribution in [1.82, 2.24) is 14.8 Å². The normalized spacial score (nSPS) is 10.9. The smallest absolute Gasteiger partial charge is 0.244 e. The highest BCUT2D eigenvalue weighted by atomic mass is 32.2. The topological polar surface area (TPSA) is 62.7 Å². The molecule has 0 aliphatic rings. The molecule has 0 spiro atoms. The first kappa shape index (κ1) is 20.6. The minimum Gasteiger partial charge on any atom is -0.325 e. The Morgan fingerprint density at radius 2 is 2.00 bits per heavy atom. The summed E-state index contributed by atoms with van der Waals surface area (Å²) in [4.78, 5) is 15.9. The van der Waals surface area contributed by atoms with Gasteiger partial charge in [-0.3, -0.25) is 14.5 Å². The molecule has 0 fully saturated rings. The molecule has 8 heteroatoms. The van der Waals surface area contributed by atoms with E-state index in [2.05, 4.69) is 47.6 Å². The molecule has 0 unspecified atom stereocenters. The molecular formula is C22H20N4OS3. The van der Waals surface area contributed by atoms with Gasteiger partial charge in [-0.15, -0.1) is 11.3 Å². The molecule has 2 aromatic heterocycles. The number of anilines is 1. The Kier molecular flexibility index (Phi) is 6.17. The van der Waals surface area contributed by atoms with Gasteiger partial charge in [-0.25, -0.2) is 0 Å². The van der Waals surface area contributed by atoms with Crippen LogP contribution in [0.15, 0.2) is 69.8 Å². The minimum absolute atomic E-state index is 0.0988. The van der Waals surface area contributed by atoms with Crippen LogP contribution in [0.2, 0.25) is 0 Å². The molecule has 30 heavy (non-hydrogen) atoms. The number of benzene rings is 2. The standard InChI is InChI=1S/C22H20N4OS3/c1-14-5-6-15(2)19(12-14)30-17-9-7-16(8-10-17)23-20(27)13-26-21(24-25-22(26)28)18-4-3-11-29-18/h3-12H,13H2,1-2H3,(H,23,27)(H,25,28). The van der Waals surface area contributed by atoms with E-state index in [1.807, 2.05) is 41.8 Å². The first-order valence-corrected chi connectivity index (χ1v) is 11.4. The van der Waals surface area contributed by atoms with E-state index < -0.39 is 0 Å². The van der Waals surface area contributed by atoms with Gasteiger partial charge < -0.3 is 5.32 Å². The number of nitrogens with zero attached hydrogens (tertiary/aromatic N) is 2. The first-order chi connectivity index (χ1) is 14.5. The molecule has 0 radical (unpaired) electrons. The zero-order valence-corrected chi connectivity index (χ0v) is 19.0. The van der Waals surface area contributed by atoms with Crippen LogP contribution in [0.5, 0.6) is 0 Å². The SMILES string of the molecule is Cc1ccc(C)c(Sc2ccc(NC(=O)Cn3c(-c4cccs4)n[nH]c3=S)cc2)c1. The number of hydrogen-bond donors (Lipinski definition) is 2. The highest BCUT2D eigenvalue weighted by Gasteiger charge is 2.13. The Morgan fingerprint density at radius 3 is 2.73 bits per heavy atom. The van der Waals surface area contributed by atoms with Gasteiger partial charge >= 0.3 is 0 Å². The van der Waals surface area contributed by atoms with Crippen LogP contribution in [0.1, 0.15) is 11.1 Å². The second-order valence-electron chi connectivity index (χ2n) is 6.86. The second-order valence-corrected chi connectivity index (χ2v) is 9.31. The maximum Gasteiger partial charge on any atom is 0.244 e. The van der Waals surface area contributed by atoms with Crippen molar-refractivity contribution in [1.29, 1.82) is 0 Å². The molecule has 5 nitrogen and oxygen atoms in total.